The summed E-state index contributed by atoms with van der Waals surface area (Å²) in [5.41, 5.74) is 10.6. The van der Waals surface area contributed by atoms with Gasteiger partial charge in [0.25, 0.3) is 0 Å². The Bertz CT molecular complexity index is 433. The van der Waals surface area contributed by atoms with E-state index in [0.29, 0.717) is 0 Å². The lowest BCUT2D eigenvalue weighted by molar-refractivity contribution is 0.0903. The molecule has 0 heterocycles. The van der Waals surface area contributed by atoms with Crippen molar-refractivity contribution < 1.29 is 0 Å². The molecule has 20 heavy (non-hydrogen) atoms. The average Bonchev–Trinajstić information content (AvgIpc) is 2.92. The first-order valence-electron chi connectivity index (χ1n) is 8.12. The molecule has 2 nitrogen and oxygen atoms in total. The van der Waals surface area contributed by atoms with E-state index in [2.05, 4.69) is 43.9 Å². The SMILES string of the molecule is CCCN(Cc1ccc(C)c(C)c1)C1(CN)CCCC1. The minimum atomic E-state index is 0.259. The Morgan fingerprint density at radius 1 is 1.15 bits per heavy atom. The maximum atomic E-state index is 6.17. The minimum Gasteiger partial charge on any atom is -0.329 e. The Morgan fingerprint density at radius 2 is 1.85 bits per heavy atom. The molecule has 0 aromatic heterocycles. The van der Waals surface area contributed by atoms with Gasteiger partial charge in [-0.05, 0) is 56.3 Å². The summed E-state index contributed by atoms with van der Waals surface area (Å²) in [6.45, 7) is 9.67. The molecule has 0 spiro atoms. The molecule has 1 aliphatic rings. The highest BCUT2D eigenvalue weighted by molar-refractivity contribution is 5.30. The predicted octanol–water partition coefficient (Wildman–Crippen LogP) is 3.79. The van der Waals surface area contributed by atoms with Crippen LogP contribution in [-0.4, -0.2) is 23.5 Å². The maximum Gasteiger partial charge on any atom is 0.0335 e. The summed E-state index contributed by atoms with van der Waals surface area (Å²) in [7, 11) is 0. The highest BCUT2D eigenvalue weighted by atomic mass is 15.2. The molecule has 0 aliphatic heterocycles. The molecular formula is C18H30N2. The average molecular weight is 274 g/mol. The minimum absolute atomic E-state index is 0.259. The summed E-state index contributed by atoms with van der Waals surface area (Å²) >= 11 is 0. The van der Waals surface area contributed by atoms with Crippen LogP contribution in [0.1, 0.15) is 55.7 Å². The number of nitrogens with two attached hydrogens (primary N) is 1. The van der Waals surface area contributed by atoms with E-state index < -0.39 is 0 Å². The van der Waals surface area contributed by atoms with Crippen molar-refractivity contribution in [1.82, 2.24) is 4.90 Å². The van der Waals surface area contributed by atoms with Gasteiger partial charge in [-0.1, -0.05) is 38.0 Å². The van der Waals surface area contributed by atoms with Crippen LogP contribution >= 0.6 is 0 Å². The highest BCUT2D eigenvalue weighted by Crippen LogP contribution is 2.35. The summed E-state index contributed by atoms with van der Waals surface area (Å²) in [6, 6.07) is 6.87. The van der Waals surface area contributed by atoms with Crippen LogP contribution in [-0.2, 0) is 6.54 Å². The Labute approximate surface area is 124 Å². The molecule has 0 unspecified atom stereocenters. The van der Waals surface area contributed by atoms with Crippen molar-refractivity contribution in [2.75, 3.05) is 13.1 Å². The number of rotatable bonds is 6. The van der Waals surface area contributed by atoms with Crippen LogP contribution < -0.4 is 5.73 Å². The van der Waals surface area contributed by atoms with E-state index >= 15 is 0 Å². The van der Waals surface area contributed by atoms with Gasteiger partial charge in [-0.15, -0.1) is 0 Å². The van der Waals surface area contributed by atoms with Crippen LogP contribution in [0, 0.1) is 13.8 Å². The molecule has 1 aromatic carbocycles. The molecule has 1 fully saturated rings. The lowest BCUT2D eigenvalue weighted by Gasteiger charge is -2.41. The summed E-state index contributed by atoms with van der Waals surface area (Å²) < 4.78 is 0. The number of benzene rings is 1. The van der Waals surface area contributed by atoms with Crippen molar-refractivity contribution in [3.8, 4) is 0 Å². The second kappa shape index (κ2) is 6.73. The largest absolute Gasteiger partial charge is 0.329 e. The highest BCUT2D eigenvalue weighted by Gasteiger charge is 2.37. The third-order valence-electron chi connectivity index (χ3n) is 5.02. The third-order valence-corrected chi connectivity index (χ3v) is 5.02. The quantitative estimate of drug-likeness (QED) is 0.855. The lowest BCUT2D eigenvalue weighted by Crippen LogP contribution is -2.51. The summed E-state index contributed by atoms with van der Waals surface area (Å²) in [4.78, 5) is 2.66. The molecule has 0 atom stereocenters. The number of nitrogens with zero attached hydrogens (tertiary/aromatic N) is 1. The zero-order valence-corrected chi connectivity index (χ0v) is 13.4. The van der Waals surface area contributed by atoms with Gasteiger partial charge in [0.1, 0.15) is 0 Å². The molecular weight excluding hydrogens is 244 g/mol. The Balaban J connectivity index is 2.18. The van der Waals surface area contributed by atoms with Crippen LogP contribution in [0.2, 0.25) is 0 Å². The Morgan fingerprint density at radius 3 is 2.40 bits per heavy atom. The van der Waals surface area contributed by atoms with E-state index in [9.17, 15) is 0 Å². The van der Waals surface area contributed by atoms with Crippen molar-refractivity contribution in [2.45, 2.75) is 65.0 Å². The monoisotopic (exact) mass is 274 g/mol. The van der Waals surface area contributed by atoms with Crippen LogP contribution in [0.4, 0.5) is 0 Å². The van der Waals surface area contributed by atoms with Crippen LogP contribution in [0.25, 0.3) is 0 Å². The zero-order chi connectivity index (χ0) is 14.6. The van der Waals surface area contributed by atoms with Gasteiger partial charge in [0.15, 0.2) is 0 Å². The fraction of sp³-hybridized carbons (Fsp3) is 0.667. The van der Waals surface area contributed by atoms with Gasteiger partial charge in [-0.2, -0.15) is 0 Å². The standard InChI is InChI=1S/C18H30N2/c1-4-11-20(18(14-19)9-5-6-10-18)13-17-8-7-15(2)16(3)12-17/h7-8,12H,4-6,9-11,13-14,19H2,1-3H3. The second-order valence-electron chi connectivity index (χ2n) is 6.48. The predicted molar refractivity (Wildman–Crippen MR) is 86.9 cm³/mol. The Hall–Kier alpha value is -0.860. The van der Waals surface area contributed by atoms with Crippen molar-refractivity contribution in [2.24, 2.45) is 5.73 Å². The van der Waals surface area contributed by atoms with Gasteiger partial charge < -0.3 is 5.73 Å². The molecule has 2 rings (SSSR count). The number of aryl methyl sites for hydroxylation is 2. The van der Waals surface area contributed by atoms with Gasteiger partial charge >= 0.3 is 0 Å². The van der Waals surface area contributed by atoms with E-state index in [1.54, 1.807) is 0 Å². The molecule has 0 radical (unpaired) electrons. The van der Waals surface area contributed by atoms with Crippen molar-refractivity contribution in [1.29, 1.82) is 0 Å². The zero-order valence-electron chi connectivity index (χ0n) is 13.4. The molecule has 112 valence electrons. The Kier molecular flexibility index (Phi) is 5.22. The first kappa shape index (κ1) is 15.5. The van der Waals surface area contributed by atoms with Crippen LogP contribution in [0.3, 0.4) is 0 Å². The van der Waals surface area contributed by atoms with Gasteiger partial charge in [0, 0.05) is 18.6 Å². The molecule has 0 amide bonds. The van der Waals surface area contributed by atoms with E-state index in [-0.39, 0.29) is 5.54 Å². The maximum absolute atomic E-state index is 6.17. The smallest absolute Gasteiger partial charge is 0.0335 e. The fourth-order valence-electron chi connectivity index (χ4n) is 3.56. The van der Waals surface area contributed by atoms with Gasteiger partial charge in [-0.3, -0.25) is 4.90 Å². The van der Waals surface area contributed by atoms with Gasteiger partial charge in [0.05, 0.1) is 0 Å². The molecule has 1 aromatic rings. The fourth-order valence-corrected chi connectivity index (χ4v) is 3.56. The van der Waals surface area contributed by atoms with Crippen molar-refractivity contribution in [3.05, 3.63) is 34.9 Å². The first-order chi connectivity index (χ1) is 9.61. The second-order valence-corrected chi connectivity index (χ2v) is 6.48. The summed E-state index contributed by atoms with van der Waals surface area (Å²) in [5.74, 6) is 0. The molecule has 1 saturated carbocycles. The topological polar surface area (TPSA) is 29.3 Å². The van der Waals surface area contributed by atoms with E-state index in [4.69, 9.17) is 5.73 Å². The normalized spacial score (nSPS) is 17.9. The van der Waals surface area contributed by atoms with E-state index in [0.717, 1.165) is 19.6 Å². The van der Waals surface area contributed by atoms with Crippen molar-refractivity contribution in [3.63, 3.8) is 0 Å². The molecule has 2 heteroatoms. The van der Waals surface area contributed by atoms with Crippen LogP contribution in [0.5, 0.6) is 0 Å². The third kappa shape index (κ3) is 3.24. The van der Waals surface area contributed by atoms with Crippen molar-refractivity contribution >= 4 is 0 Å². The van der Waals surface area contributed by atoms with Gasteiger partial charge in [0.2, 0.25) is 0 Å². The van der Waals surface area contributed by atoms with E-state index in [1.807, 2.05) is 0 Å². The lowest BCUT2D eigenvalue weighted by atomic mass is 9.93. The van der Waals surface area contributed by atoms with Crippen LogP contribution in [0.15, 0.2) is 18.2 Å². The van der Waals surface area contributed by atoms with Gasteiger partial charge in [-0.25, -0.2) is 0 Å². The van der Waals surface area contributed by atoms with E-state index in [1.165, 1.54) is 48.8 Å². The number of hydrogen-bond donors (Lipinski definition) is 1. The molecule has 1 aliphatic carbocycles. The number of hydrogen-bond acceptors (Lipinski definition) is 2. The molecule has 2 N–H and O–H groups in total. The molecule has 0 saturated heterocycles. The summed E-state index contributed by atoms with van der Waals surface area (Å²) in [5, 5.41) is 0. The summed E-state index contributed by atoms with van der Waals surface area (Å²) in [6.07, 6.45) is 6.42. The molecule has 0 bridgehead atoms. The first-order valence-corrected chi connectivity index (χ1v) is 8.12.